The maximum Gasteiger partial charge on any atom is 0.261 e. The average molecular weight is 737 g/mol. The summed E-state index contributed by atoms with van der Waals surface area (Å²) in [6.07, 6.45) is 25.8. The van der Waals surface area contributed by atoms with E-state index in [0.717, 1.165) is 54.1 Å². The molecule has 8 fully saturated rings. The molecule has 0 heterocycles. The molecule has 51 heavy (non-hydrogen) atoms. The SMILES string of the molecule is CCCc1cc(CCC)c(-c2c(OC)ccc(OC)c2P(C23CC4CC(CC(C4)C2)C3)C23CC4CC(CC(C4)C2)C3)c(CCC)c1.CS(=O)(=O)O. The second-order valence-corrected chi connectivity index (χ2v) is 22.6. The molecule has 0 unspecified atom stereocenters. The van der Waals surface area contributed by atoms with Gasteiger partial charge in [0.2, 0.25) is 0 Å². The molecule has 10 rings (SSSR count). The maximum absolute atomic E-state index is 9.19. The molecule has 1 N–H and O–H groups in total. The lowest BCUT2D eigenvalue weighted by Gasteiger charge is -2.67. The fraction of sp³-hybridized carbons (Fsp3) is 0.727. The van der Waals surface area contributed by atoms with Crippen LogP contribution < -0.4 is 14.8 Å². The van der Waals surface area contributed by atoms with Crippen molar-refractivity contribution in [3.8, 4) is 22.6 Å². The number of rotatable bonds is 12. The molecule has 2 aromatic rings. The van der Waals surface area contributed by atoms with E-state index in [0.29, 0.717) is 16.6 Å². The number of methoxy groups -OCH3 is 2. The zero-order valence-electron chi connectivity index (χ0n) is 32.4. The van der Waals surface area contributed by atoms with Gasteiger partial charge in [0, 0.05) is 10.9 Å². The van der Waals surface area contributed by atoms with Crippen LogP contribution in [-0.4, -0.2) is 43.8 Å². The molecule has 0 spiro atoms. The average Bonchev–Trinajstić information content (AvgIpc) is 3.03. The first-order chi connectivity index (χ1) is 24.4. The second-order valence-electron chi connectivity index (χ2n) is 18.1. The summed E-state index contributed by atoms with van der Waals surface area (Å²) in [6.45, 7) is 7.08. The van der Waals surface area contributed by atoms with E-state index in [1.54, 1.807) is 16.4 Å². The van der Waals surface area contributed by atoms with Crippen LogP contribution >= 0.6 is 7.92 Å². The van der Waals surface area contributed by atoms with Crippen molar-refractivity contribution in [1.82, 2.24) is 0 Å². The summed E-state index contributed by atoms with van der Waals surface area (Å²) >= 11 is 0. The van der Waals surface area contributed by atoms with Crippen LogP contribution in [0.15, 0.2) is 24.3 Å². The van der Waals surface area contributed by atoms with E-state index in [1.807, 2.05) is 14.2 Å². The van der Waals surface area contributed by atoms with Crippen LogP contribution in [0.4, 0.5) is 0 Å². The molecule has 7 heteroatoms. The topological polar surface area (TPSA) is 72.8 Å². The molecule has 0 aromatic heterocycles. The molecule has 8 saturated carbocycles. The second kappa shape index (κ2) is 14.9. The van der Waals surface area contributed by atoms with Crippen molar-refractivity contribution in [2.45, 2.75) is 147 Å². The Bertz CT molecular complexity index is 1530. The highest BCUT2D eigenvalue weighted by molar-refractivity contribution is 7.85. The predicted octanol–water partition coefficient (Wildman–Crippen LogP) is 10.8. The Morgan fingerprint density at radius 3 is 1.33 bits per heavy atom. The van der Waals surface area contributed by atoms with E-state index in [9.17, 15) is 8.42 Å². The Morgan fingerprint density at radius 2 is 1.00 bits per heavy atom. The molecular formula is C44H65O5PS. The molecule has 8 aliphatic rings. The third-order valence-corrected chi connectivity index (χ3v) is 17.8. The van der Waals surface area contributed by atoms with Gasteiger partial charge >= 0.3 is 0 Å². The van der Waals surface area contributed by atoms with Crippen molar-refractivity contribution >= 4 is 23.3 Å². The first-order valence-corrected chi connectivity index (χ1v) is 23.7. The lowest BCUT2D eigenvalue weighted by molar-refractivity contribution is 0.0195. The van der Waals surface area contributed by atoms with Gasteiger partial charge < -0.3 is 9.47 Å². The van der Waals surface area contributed by atoms with Crippen LogP contribution in [0.1, 0.15) is 134 Å². The van der Waals surface area contributed by atoms with Crippen molar-refractivity contribution in [2.75, 3.05) is 20.5 Å². The highest BCUT2D eigenvalue weighted by Gasteiger charge is 2.64. The number of hydrogen-bond acceptors (Lipinski definition) is 4. The first kappa shape index (κ1) is 37.7. The molecule has 8 aliphatic carbocycles. The van der Waals surface area contributed by atoms with Gasteiger partial charge in [-0.05, 0) is 177 Å². The highest BCUT2D eigenvalue weighted by Crippen LogP contribution is 2.79. The van der Waals surface area contributed by atoms with Gasteiger partial charge in [0.1, 0.15) is 11.5 Å². The number of benzene rings is 2. The summed E-state index contributed by atoms with van der Waals surface area (Å²) in [6, 6.07) is 9.80. The van der Waals surface area contributed by atoms with Crippen LogP contribution in [0, 0.1) is 35.5 Å². The summed E-state index contributed by atoms with van der Waals surface area (Å²) < 4.78 is 39.0. The Balaban J connectivity index is 0.000000761. The van der Waals surface area contributed by atoms with Crippen molar-refractivity contribution in [2.24, 2.45) is 35.5 Å². The summed E-state index contributed by atoms with van der Waals surface area (Å²) in [4.78, 5) is 0. The van der Waals surface area contributed by atoms with E-state index in [4.69, 9.17) is 14.0 Å². The van der Waals surface area contributed by atoms with E-state index >= 15 is 0 Å². The molecule has 0 amide bonds. The van der Waals surface area contributed by atoms with Gasteiger partial charge in [-0.15, -0.1) is 0 Å². The van der Waals surface area contributed by atoms with Crippen LogP contribution in [0.5, 0.6) is 11.5 Å². The zero-order valence-corrected chi connectivity index (χ0v) is 34.1. The minimum absolute atomic E-state index is 0.460. The third-order valence-electron chi connectivity index (χ3n) is 13.9. The van der Waals surface area contributed by atoms with Crippen LogP contribution in [-0.2, 0) is 29.4 Å². The van der Waals surface area contributed by atoms with Gasteiger partial charge in [0.25, 0.3) is 10.1 Å². The minimum Gasteiger partial charge on any atom is -0.496 e. The number of ether oxygens (including phenoxy) is 2. The van der Waals surface area contributed by atoms with E-state index in [2.05, 4.69) is 45.0 Å². The molecule has 5 nitrogen and oxygen atoms in total. The van der Waals surface area contributed by atoms with E-state index in [1.165, 1.54) is 125 Å². The molecule has 0 atom stereocenters. The molecule has 8 bridgehead atoms. The Hall–Kier alpha value is -1.62. The first-order valence-electron chi connectivity index (χ1n) is 20.5. The normalized spacial score (nSPS) is 33.5. The lowest BCUT2D eigenvalue weighted by atomic mass is 9.55. The van der Waals surface area contributed by atoms with Crippen LogP contribution in [0.3, 0.4) is 0 Å². The zero-order chi connectivity index (χ0) is 36.1. The van der Waals surface area contributed by atoms with Crippen LogP contribution in [0.25, 0.3) is 11.1 Å². The lowest BCUT2D eigenvalue weighted by Crippen LogP contribution is -2.58. The molecule has 2 aromatic carbocycles. The van der Waals surface area contributed by atoms with Crippen molar-refractivity contribution in [3.05, 3.63) is 41.0 Å². The largest absolute Gasteiger partial charge is 0.496 e. The molecular weight excluding hydrogens is 672 g/mol. The molecule has 282 valence electrons. The van der Waals surface area contributed by atoms with Gasteiger partial charge in [-0.1, -0.05) is 60.1 Å². The molecule has 0 radical (unpaired) electrons. The van der Waals surface area contributed by atoms with E-state index in [-0.39, 0.29) is 0 Å². The smallest absolute Gasteiger partial charge is 0.261 e. The van der Waals surface area contributed by atoms with Gasteiger partial charge in [0.15, 0.2) is 0 Å². The summed E-state index contributed by atoms with van der Waals surface area (Å²) in [5.41, 5.74) is 7.67. The predicted molar refractivity (Wildman–Crippen MR) is 213 cm³/mol. The van der Waals surface area contributed by atoms with Gasteiger partial charge in [-0.2, -0.15) is 8.42 Å². The van der Waals surface area contributed by atoms with Crippen LogP contribution in [0.2, 0.25) is 0 Å². The van der Waals surface area contributed by atoms with Gasteiger partial charge in [-0.25, -0.2) is 0 Å². The fourth-order valence-electron chi connectivity index (χ4n) is 13.5. The molecule has 0 saturated heterocycles. The Labute approximate surface area is 310 Å². The molecule has 0 aliphatic heterocycles. The third kappa shape index (κ3) is 7.43. The van der Waals surface area contributed by atoms with Crippen molar-refractivity contribution < 1.29 is 22.4 Å². The fourth-order valence-corrected chi connectivity index (χ4v) is 19.0. The Kier molecular flexibility index (Phi) is 11.0. The Morgan fingerprint density at radius 1 is 0.647 bits per heavy atom. The van der Waals surface area contributed by atoms with Crippen molar-refractivity contribution in [3.63, 3.8) is 0 Å². The summed E-state index contributed by atoms with van der Waals surface area (Å²) in [5.74, 6) is 8.07. The maximum atomic E-state index is 9.19. The summed E-state index contributed by atoms with van der Waals surface area (Å²) in [5, 5.41) is 2.60. The van der Waals surface area contributed by atoms with E-state index < -0.39 is 18.0 Å². The minimum atomic E-state index is -3.67. The standard InChI is InChI=1S/C43H61O2P.CH4O3S/c1-6-9-28-20-35(10-7-2)39(36(21-28)11-8-3)40-37(44-4)12-13-38(45-5)41(40)46(42-22-29-14-30(23-42)16-31(15-29)24-42)43-25-32-17-33(26-43)19-34(18-32)27-43;1-5(2,3)4/h12-13,20-21,29-34H,6-11,14-19,22-27H2,1-5H3;1H3,(H,2,3,4). The van der Waals surface area contributed by atoms with Crippen molar-refractivity contribution in [1.29, 1.82) is 0 Å². The van der Waals surface area contributed by atoms with Gasteiger partial charge in [0.05, 0.1) is 20.5 Å². The van der Waals surface area contributed by atoms with Gasteiger partial charge in [-0.3, -0.25) is 4.55 Å². The monoisotopic (exact) mass is 736 g/mol. The number of aryl methyl sites for hydroxylation is 3. The summed E-state index contributed by atoms with van der Waals surface area (Å²) in [7, 11) is -0.206. The quantitative estimate of drug-likeness (QED) is 0.173. The highest BCUT2D eigenvalue weighted by atomic mass is 32.2. The number of hydrogen-bond donors (Lipinski definition) is 1.